The molecular weight excluding hydrogens is 316 g/mol. The highest BCUT2D eigenvalue weighted by atomic mass is 16.5. The van der Waals surface area contributed by atoms with Crippen LogP contribution in [0.3, 0.4) is 0 Å². The predicted molar refractivity (Wildman–Crippen MR) is 95.2 cm³/mol. The Hall–Kier alpha value is -3.14. The third-order valence-electron chi connectivity index (χ3n) is 3.91. The van der Waals surface area contributed by atoms with Crippen LogP contribution in [0.25, 0.3) is 11.0 Å². The molecule has 1 N–H and O–H groups in total. The Balaban J connectivity index is 1.80. The lowest BCUT2D eigenvalue weighted by molar-refractivity contribution is 0.340. The molecule has 0 aliphatic heterocycles. The first-order valence-electron chi connectivity index (χ1n) is 8.25. The molecule has 1 aromatic carbocycles. The lowest BCUT2D eigenvalue weighted by Crippen LogP contribution is -2.09. The monoisotopic (exact) mass is 336 g/mol. The van der Waals surface area contributed by atoms with E-state index in [0.717, 1.165) is 28.2 Å². The van der Waals surface area contributed by atoms with Crippen LogP contribution in [0.1, 0.15) is 31.9 Å². The quantitative estimate of drug-likeness (QED) is 0.712. The number of anilines is 1. The molecule has 0 aliphatic rings. The van der Waals surface area contributed by atoms with Gasteiger partial charge in [-0.1, -0.05) is 12.1 Å². The van der Waals surface area contributed by atoms with Crippen LogP contribution in [-0.2, 0) is 6.54 Å². The van der Waals surface area contributed by atoms with Crippen molar-refractivity contribution >= 4 is 16.9 Å². The Bertz CT molecular complexity index is 881. The summed E-state index contributed by atoms with van der Waals surface area (Å²) in [6.07, 6.45) is 3.65. The number of benzene rings is 1. The molecule has 128 valence electrons. The second-order valence-electron chi connectivity index (χ2n) is 5.60. The number of hydrogen-bond acceptors (Lipinski definition) is 6. The number of ether oxygens (including phenoxy) is 1. The smallest absolute Gasteiger partial charge is 0.163 e. The van der Waals surface area contributed by atoms with Crippen molar-refractivity contribution in [1.82, 2.24) is 19.7 Å². The third kappa shape index (κ3) is 3.69. The number of fused-ring (bicyclic) bond motifs is 1. The fraction of sp³-hybridized carbons (Fsp3) is 0.333. The second-order valence-corrected chi connectivity index (χ2v) is 5.60. The van der Waals surface area contributed by atoms with Gasteiger partial charge in [0.15, 0.2) is 5.65 Å². The Morgan fingerprint density at radius 1 is 1.28 bits per heavy atom. The van der Waals surface area contributed by atoms with Crippen molar-refractivity contribution in [3.8, 4) is 11.8 Å². The SMILES string of the molecule is CCOc1ccc([C@H](C)Nc2ncnc3c2cnn3CCC#N)cc1. The van der Waals surface area contributed by atoms with Crippen molar-refractivity contribution in [2.75, 3.05) is 11.9 Å². The van der Waals surface area contributed by atoms with Crippen LogP contribution in [0.2, 0.25) is 0 Å². The van der Waals surface area contributed by atoms with E-state index in [9.17, 15) is 0 Å². The van der Waals surface area contributed by atoms with E-state index in [1.54, 1.807) is 10.9 Å². The summed E-state index contributed by atoms with van der Waals surface area (Å²) in [6.45, 7) is 5.21. The van der Waals surface area contributed by atoms with E-state index in [4.69, 9.17) is 10.00 Å². The van der Waals surface area contributed by atoms with Gasteiger partial charge in [0.05, 0.1) is 37.2 Å². The first-order chi connectivity index (χ1) is 12.2. The lowest BCUT2D eigenvalue weighted by Gasteiger charge is -2.16. The van der Waals surface area contributed by atoms with Crippen molar-refractivity contribution in [1.29, 1.82) is 5.26 Å². The zero-order valence-corrected chi connectivity index (χ0v) is 14.3. The van der Waals surface area contributed by atoms with Gasteiger partial charge < -0.3 is 10.1 Å². The molecule has 7 nitrogen and oxygen atoms in total. The summed E-state index contributed by atoms with van der Waals surface area (Å²) in [5.74, 6) is 1.59. The Morgan fingerprint density at radius 3 is 2.80 bits per heavy atom. The average Bonchev–Trinajstić information content (AvgIpc) is 3.05. The predicted octanol–water partition coefficient (Wildman–Crippen LogP) is 3.31. The normalized spacial score (nSPS) is 11.9. The number of hydrogen-bond donors (Lipinski definition) is 1. The van der Waals surface area contributed by atoms with E-state index in [1.807, 2.05) is 31.2 Å². The fourth-order valence-corrected chi connectivity index (χ4v) is 2.64. The van der Waals surface area contributed by atoms with Crippen molar-refractivity contribution in [3.63, 3.8) is 0 Å². The molecule has 0 fully saturated rings. The van der Waals surface area contributed by atoms with Crippen molar-refractivity contribution < 1.29 is 4.74 Å². The number of aromatic nitrogens is 4. The number of nitrogens with one attached hydrogen (secondary N) is 1. The number of nitriles is 1. The zero-order chi connectivity index (χ0) is 17.6. The fourth-order valence-electron chi connectivity index (χ4n) is 2.64. The van der Waals surface area contributed by atoms with Gasteiger partial charge in [-0.2, -0.15) is 10.4 Å². The molecule has 0 saturated carbocycles. The second kappa shape index (κ2) is 7.62. The van der Waals surface area contributed by atoms with E-state index >= 15 is 0 Å². The largest absolute Gasteiger partial charge is 0.494 e. The highest BCUT2D eigenvalue weighted by Crippen LogP contribution is 2.25. The summed E-state index contributed by atoms with van der Waals surface area (Å²) in [5, 5.41) is 17.3. The van der Waals surface area contributed by atoms with Gasteiger partial charge in [-0.3, -0.25) is 0 Å². The summed E-state index contributed by atoms with van der Waals surface area (Å²) in [4.78, 5) is 8.64. The van der Waals surface area contributed by atoms with Gasteiger partial charge in [-0.25, -0.2) is 14.6 Å². The summed E-state index contributed by atoms with van der Waals surface area (Å²) < 4.78 is 7.21. The van der Waals surface area contributed by atoms with E-state index < -0.39 is 0 Å². The number of aryl methyl sites for hydroxylation is 1. The summed E-state index contributed by atoms with van der Waals surface area (Å²) in [7, 11) is 0. The molecule has 1 atom stereocenters. The molecule has 0 amide bonds. The zero-order valence-electron chi connectivity index (χ0n) is 14.3. The summed E-state index contributed by atoms with van der Waals surface area (Å²) >= 11 is 0. The molecule has 0 saturated heterocycles. The van der Waals surface area contributed by atoms with Crippen LogP contribution in [0, 0.1) is 11.3 Å². The maximum Gasteiger partial charge on any atom is 0.163 e. The minimum atomic E-state index is 0.0660. The van der Waals surface area contributed by atoms with Gasteiger partial charge in [0.2, 0.25) is 0 Å². The van der Waals surface area contributed by atoms with Gasteiger partial charge in [0.25, 0.3) is 0 Å². The van der Waals surface area contributed by atoms with Gasteiger partial charge in [-0.05, 0) is 31.5 Å². The van der Waals surface area contributed by atoms with Crippen molar-refractivity contribution in [3.05, 3.63) is 42.4 Å². The lowest BCUT2D eigenvalue weighted by atomic mass is 10.1. The topological polar surface area (TPSA) is 88.7 Å². The first-order valence-corrected chi connectivity index (χ1v) is 8.25. The number of nitrogens with zero attached hydrogens (tertiary/aromatic N) is 5. The van der Waals surface area contributed by atoms with E-state index in [2.05, 4.69) is 33.4 Å². The molecule has 3 aromatic rings. The average molecular weight is 336 g/mol. The molecule has 0 spiro atoms. The van der Waals surface area contributed by atoms with E-state index in [-0.39, 0.29) is 6.04 Å². The van der Waals surface area contributed by atoms with Crippen LogP contribution < -0.4 is 10.1 Å². The summed E-state index contributed by atoms with van der Waals surface area (Å²) in [5.41, 5.74) is 1.86. The molecule has 0 bridgehead atoms. The van der Waals surface area contributed by atoms with Crippen LogP contribution in [0.4, 0.5) is 5.82 Å². The minimum absolute atomic E-state index is 0.0660. The summed E-state index contributed by atoms with van der Waals surface area (Å²) in [6, 6.07) is 10.2. The maximum atomic E-state index is 8.74. The maximum absolute atomic E-state index is 8.74. The molecule has 25 heavy (non-hydrogen) atoms. The first kappa shape index (κ1) is 16.7. The molecule has 3 rings (SSSR count). The Morgan fingerprint density at radius 2 is 2.08 bits per heavy atom. The highest BCUT2D eigenvalue weighted by Gasteiger charge is 2.13. The standard InChI is InChI=1S/C18H20N6O/c1-3-25-15-7-5-14(6-8-15)13(2)23-17-16-11-22-24(10-4-9-19)18(16)21-12-20-17/h5-8,11-13H,3-4,10H2,1-2H3,(H,20,21,23)/t13-/m0/s1. The molecule has 0 unspecified atom stereocenters. The van der Waals surface area contributed by atoms with Crippen LogP contribution in [-0.4, -0.2) is 26.4 Å². The van der Waals surface area contributed by atoms with Gasteiger partial charge in [0.1, 0.15) is 17.9 Å². The van der Waals surface area contributed by atoms with Gasteiger partial charge in [-0.15, -0.1) is 0 Å². The third-order valence-corrected chi connectivity index (χ3v) is 3.91. The van der Waals surface area contributed by atoms with Crippen molar-refractivity contribution in [2.45, 2.75) is 32.9 Å². The molecule has 2 aromatic heterocycles. The van der Waals surface area contributed by atoms with E-state index in [0.29, 0.717) is 19.6 Å². The Kier molecular flexibility index (Phi) is 5.09. The molecule has 2 heterocycles. The van der Waals surface area contributed by atoms with Crippen LogP contribution >= 0.6 is 0 Å². The Labute approximate surface area is 146 Å². The molecule has 0 radical (unpaired) electrons. The van der Waals surface area contributed by atoms with Crippen molar-refractivity contribution in [2.24, 2.45) is 0 Å². The molecule has 0 aliphatic carbocycles. The van der Waals surface area contributed by atoms with Gasteiger partial charge in [0, 0.05) is 6.04 Å². The van der Waals surface area contributed by atoms with Crippen LogP contribution in [0.5, 0.6) is 5.75 Å². The molecule has 7 heteroatoms. The van der Waals surface area contributed by atoms with Gasteiger partial charge >= 0.3 is 0 Å². The van der Waals surface area contributed by atoms with Crippen LogP contribution in [0.15, 0.2) is 36.8 Å². The number of rotatable bonds is 7. The molecular formula is C18H20N6O. The van der Waals surface area contributed by atoms with E-state index in [1.165, 1.54) is 6.33 Å². The highest BCUT2D eigenvalue weighted by molar-refractivity contribution is 5.86. The minimum Gasteiger partial charge on any atom is -0.494 e.